The summed E-state index contributed by atoms with van der Waals surface area (Å²) < 4.78 is 5.74. The van der Waals surface area contributed by atoms with Crippen molar-refractivity contribution in [2.24, 2.45) is 4.99 Å². The molecule has 2 atom stereocenters. The summed E-state index contributed by atoms with van der Waals surface area (Å²) in [5, 5.41) is 22.7. The highest BCUT2D eigenvalue weighted by molar-refractivity contribution is 6.13. The first-order valence-corrected chi connectivity index (χ1v) is 8.25. The number of carbonyl (C=O) groups is 1. The van der Waals surface area contributed by atoms with E-state index in [1.54, 1.807) is 18.2 Å². The van der Waals surface area contributed by atoms with Gasteiger partial charge < -0.3 is 9.84 Å². The molecule has 2 unspecified atom stereocenters. The molecular formula is C19H14N2O6. The number of isocyanates is 1. The molecule has 1 heterocycles. The van der Waals surface area contributed by atoms with Crippen molar-refractivity contribution in [1.82, 2.24) is 0 Å². The predicted octanol–water partition coefficient (Wildman–Crippen LogP) is 2.68. The van der Waals surface area contributed by atoms with Crippen LogP contribution in [0.2, 0.25) is 0 Å². The molecule has 4 rings (SSSR count). The molecule has 136 valence electrons. The van der Waals surface area contributed by atoms with E-state index in [0.29, 0.717) is 0 Å². The largest absolute Gasteiger partial charge is 0.454 e. The Labute approximate surface area is 153 Å². The van der Waals surface area contributed by atoms with E-state index in [0.717, 1.165) is 11.6 Å². The highest BCUT2D eigenvalue weighted by Gasteiger charge is 2.73. The number of carbonyl (C=O) groups excluding carboxylic acids is 2. The van der Waals surface area contributed by atoms with Gasteiger partial charge in [0.25, 0.3) is 11.5 Å². The highest BCUT2D eigenvalue weighted by atomic mass is 16.6. The fraction of sp³-hybridized carbons (Fsp3) is 0.263. The summed E-state index contributed by atoms with van der Waals surface area (Å²) in [7, 11) is 0. The van der Waals surface area contributed by atoms with Crippen LogP contribution in [-0.2, 0) is 16.1 Å². The van der Waals surface area contributed by atoms with Crippen molar-refractivity contribution in [2.75, 3.05) is 0 Å². The molecular weight excluding hydrogens is 352 g/mol. The lowest BCUT2D eigenvalue weighted by Crippen LogP contribution is -2.47. The van der Waals surface area contributed by atoms with Crippen molar-refractivity contribution < 1.29 is 24.4 Å². The van der Waals surface area contributed by atoms with Crippen LogP contribution in [-0.4, -0.2) is 21.9 Å². The summed E-state index contributed by atoms with van der Waals surface area (Å²) in [6.45, 7) is 3.94. The first-order valence-electron chi connectivity index (χ1n) is 8.25. The number of benzene rings is 2. The number of nitro benzene ring substituents is 1. The molecule has 2 aliphatic rings. The van der Waals surface area contributed by atoms with Crippen LogP contribution in [0.4, 0.5) is 5.69 Å². The van der Waals surface area contributed by atoms with Gasteiger partial charge in [-0.2, -0.15) is 4.99 Å². The predicted molar refractivity (Wildman–Crippen MR) is 92.3 cm³/mol. The second-order valence-electron chi connectivity index (χ2n) is 6.86. The van der Waals surface area contributed by atoms with Gasteiger partial charge in [-0.1, -0.05) is 38.1 Å². The lowest BCUT2D eigenvalue weighted by molar-refractivity contribution is -0.385. The van der Waals surface area contributed by atoms with E-state index in [-0.39, 0.29) is 28.4 Å². The molecule has 1 aliphatic heterocycles. The third-order valence-corrected chi connectivity index (χ3v) is 5.18. The van der Waals surface area contributed by atoms with Crippen LogP contribution in [0.5, 0.6) is 5.75 Å². The molecule has 1 aliphatic carbocycles. The molecule has 0 saturated heterocycles. The zero-order valence-electron chi connectivity index (χ0n) is 14.4. The van der Waals surface area contributed by atoms with Gasteiger partial charge in [-0.05, 0) is 17.5 Å². The minimum atomic E-state index is -2.36. The molecule has 27 heavy (non-hydrogen) atoms. The maximum absolute atomic E-state index is 13.3. The van der Waals surface area contributed by atoms with Gasteiger partial charge in [-0.15, -0.1) is 0 Å². The number of hydrogen-bond donors (Lipinski definition) is 1. The summed E-state index contributed by atoms with van der Waals surface area (Å²) >= 11 is 0. The van der Waals surface area contributed by atoms with Gasteiger partial charge in [0.15, 0.2) is 0 Å². The number of hydrogen-bond acceptors (Lipinski definition) is 7. The fourth-order valence-corrected chi connectivity index (χ4v) is 3.87. The summed E-state index contributed by atoms with van der Waals surface area (Å²) in [6, 6.07) is 8.82. The molecule has 0 aromatic heterocycles. The van der Waals surface area contributed by atoms with Crippen molar-refractivity contribution in [3.8, 4) is 5.75 Å². The SMILES string of the molecule is CC(C)c1ccc2c(c1)OC1(O)c3cccc([N+](=O)[O-])c3C(=O)C21N=C=O. The lowest BCUT2D eigenvalue weighted by atomic mass is 9.83. The summed E-state index contributed by atoms with van der Waals surface area (Å²) in [5.41, 5.74) is -1.98. The summed E-state index contributed by atoms with van der Waals surface area (Å²) in [5.74, 6) is -2.87. The standard InChI is InChI=1S/C19H14N2O6/c1-10(2)11-6-7-12-15(8-11)27-19(24)13-4-3-5-14(21(25)26)16(13)17(23)18(12,19)20-9-22/h3-8,10,24H,1-2H3. The molecule has 1 N–H and O–H groups in total. The number of rotatable bonds is 3. The Bertz CT molecular complexity index is 1070. The molecule has 2 aromatic rings. The third-order valence-electron chi connectivity index (χ3n) is 5.18. The van der Waals surface area contributed by atoms with Crippen LogP contribution in [0.1, 0.15) is 46.8 Å². The van der Waals surface area contributed by atoms with E-state index in [1.165, 1.54) is 18.2 Å². The Kier molecular flexibility index (Phi) is 3.37. The normalized spacial score (nSPS) is 24.7. The van der Waals surface area contributed by atoms with Crippen molar-refractivity contribution in [1.29, 1.82) is 0 Å². The number of ketones is 1. The van der Waals surface area contributed by atoms with Gasteiger partial charge in [-0.3, -0.25) is 14.9 Å². The van der Waals surface area contributed by atoms with E-state index < -0.39 is 27.7 Å². The Balaban J connectivity index is 2.06. The second kappa shape index (κ2) is 5.33. The van der Waals surface area contributed by atoms with E-state index in [1.807, 2.05) is 13.8 Å². The first kappa shape index (κ1) is 17.1. The zero-order chi connectivity index (χ0) is 19.6. The Hall–Kier alpha value is -3.35. The minimum absolute atomic E-state index is 0.0944. The lowest BCUT2D eigenvalue weighted by Gasteiger charge is -2.28. The fourth-order valence-electron chi connectivity index (χ4n) is 3.87. The van der Waals surface area contributed by atoms with E-state index >= 15 is 0 Å². The van der Waals surface area contributed by atoms with Gasteiger partial charge in [-0.25, -0.2) is 4.79 Å². The van der Waals surface area contributed by atoms with Crippen LogP contribution < -0.4 is 4.74 Å². The van der Waals surface area contributed by atoms with Gasteiger partial charge >= 0.3 is 0 Å². The van der Waals surface area contributed by atoms with Crippen LogP contribution in [0.25, 0.3) is 0 Å². The second-order valence-corrected chi connectivity index (χ2v) is 6.86. The Morgan fingerprint density at radius 2 is 2.00 bits per heavy atom. The summed E-state index contributed by atoms with van der Waals surface area (Å²) in [6.07, 6.45) is 1.33. The number of fused-ring (bicyclic) bond motifs is 5. The Morgan fingerprint density at radius 3 is 2.63 bits per heavy atom. The van der Waals surface area contributed by atoms with Gasteiger partial charge in [0.1, 0.15) is 11.3 Å². The summed E-state index contributed by atoms with van der Waals surface area (Å²) in [4.78, 5) is 38.8. The zero-order valence-corrected chi connectivity index (χ0v) is 14.4. The first-order chi connectivity index (χ1) is 12.8. The molecule has 8 heteroatoms. The van der Waals surface area contributed by atoms with Gasteiger partial charge in [0, 0.05) is 17.2 Å². The van der Waals surface area contributed by atoms with E-state index in [9.17, 15) is 24.8 Å². The number of aliphatic imine (C=N–C) groups is 1. The molecule has 0 bridgehead atoms. The molecule has 8 nitrogen and oxygen atoms in total. The van der Waals surface area contributed by atoms with E-state index in [2.05, 4.69) is 4.99 Å². The topological polar surface area (TPSA) is 119 Å². The number of aliphatic hydroxyl groups is 1. The molecule has 2 aromatic carbocycles. The van der Waals surface area contributed by atoms with Gasteiger partial charge in [0.05, 0.1) is 4.92 Å². The molecule has 0 saturated carbocycles. The molecule has 0 radical (unpaired) electrons. The highest BCUT2D eigenvalue weighted by Crippen LogP contribution is 2.61. The number of nitro groups is 1. The number of ether oxygens (including phenoxy) is 1. The number of Topliss-reactive ketones (excluding diaryl/α,β-unsaturated/α-hetero) is 1. The van der Waals surface area contributed by atoms with Crippen LogP contribution in [0.15, 0.2) is 41.4 Å². The maximum atomic E-state index is 13.3. The van der Waals surface area contributed by atoms with Crippen LogP contribution >= 0.6 is 0 Å². The van der Waals surface area contributed by atoms with Crippen LogP contribution in [0.3, 0.4) is 0 Å². The van der Waals surface area contributed by atoms with Crippen LogP contribution in [0, 0.1) is 10.1 Å². The quantitative estimate of drug-likeness (QED) is 0.386. The molecule has 0 spiro atoms. The van der Waals surface area contributed by atoms with Crippen molar-refractivity contribution in [3.63, 3.8) is 0 Å². The van der Waals surface area contributed by atoms with Gasteiger partial charge in [0.2, 0.25) is 17.4 Å². The number of nitrogens with zero attached hydrogens (tertiary/aromatic N) is 2. The van der Waals surface area contributed by atoms with Crippen molar-refractivity contribution in [2.45, 2.75) is 31.1 Å². The molecule has 0 fully saturated rings. The smallest absolute Gasteiger partial charge is 0.280 e. The Morgan fingerprint density at radius 1 is 1.26 bits per heavy atom. The minimum Gasteiger partial charge on any atom is -0.454 e. The van der Waals surface area contributed by atoms with E-state index in [4.69, 9.17) is 4.74 Å². The van der Waals surface area contributed by atoms with Crippen molar-refractivity contribution >= 4 is 17.6 Å². The maximum Gasteiger partial charge on any atom is 0.280 e. The molecule has 0 amide bonds. The average Bonchev–Trinajstić information content (AvgIpc) is 2.99. The third kappa shape index (κ3) is 1.88. The monoisotopic (exact) mass is 366 g/mol. The van der Waals surface area contributed by atoms with Crippen molar-refractivity contribution in [3.05, 3.63) is 68.8 Å². The average molecular weight is 366 g/mol.